The number of aliphatic hydroxyl groups is 1. The lowest BCUT2D eigenvalue weighted by Crippen LogP contribution is -2.39. The van der Waals surface area contributed by atoms with Gasteiger partial charge in [-0.3, -0.25) is 4.99 Å². The Labute approximate surface area is 169 Å². The molecule has 0 amide bonds. The number of likely N-dealkylation sites (tertiary alicyclic amines) is 1. The Morgan fingerprint density at radius 2 is 2.04 bits per heavy atom. The molecule has 7 nitrogen and oxygen atoms in total. The summed E-state index contributed by atoms with van der Waals surface area (Å²) in [6.45, 7) is 8.70. The number of benzene rings is 1. The van der Waals surface area contributed by atoms with Gasteiger partial charge < -0.3 is 30.1 Å². The Morgan fingerprint density at radius 3 is 2.68 bits per heavy atom. The summed E-state index contributed by atoms with van der Waals surface area (Å²) in [5, 5.41) is 16.4. The Hall–Kier alpha value is -1.99. The van der Waals surface area contributed by atoms with Crippen LogP contribution < -0.4 is 20.1 Å². The van der Waals surface area contributed by atoms with E-state index in [0.717, 1.165) is 75.0 Å². The molecule has 1 heterocycles. The summed E-state index contributed by atoms with van der Waals surface area (Å²) in [5.74, 6) is 2.43. The van der Waals surface area contributed by atoms with Crippen LogP contribution in [0.3, 0.4) is 0 Å². The molecule has 1 atom stereocenters. The van der Waals surface area contributed by atoms with E-state index < -0.39 is 0 Å². The van der Waals surface area contributed by atoms with Gasteiger partial charge in [0, 0.05) is 31.7 Å². The minimum absolute atomic E-state index is 0.0198. The summed E-state index contributed by atoms with van der Waals surface area (Å²) in [5.41, 5.74) is 1.03. The van der Waals surface area contributed by atoms with Gasteiger partial charge in [0.1, 0.15) is 11.5 Å². The Kier molecular flexibility index (Phi) is 9.37. The van der Waals surface area contributed by atoms with Crippen LogP contribution in [-0.2, 0) is 0 Å². The van der Waals surface area contributed by atoms with Gasteiger partial charge in [0.25, 0.3) is 0 Å². The standard InChI is InChI=1S/C21H36N4O3/c1-5-22-21(23-11-6-12-25-13-9-17(26)10-14-25)24-16(2)19-15-18(27-3)7-8-20(19)28-4/h7-8,15-17,26H,5-6,9-14H2,1-4H3,(H2,22,23,24). The Morgan fingerprint density at radius 1 is 1.29 bits per heavy atom. The highest BCUT2D eigenvalue weighted by atomic mass is 16.5. The van der Waals surface area contributed by atoms with E-state index >= 15 is 0 Å². The molecule has 1 saturated heterocycles. The van der Waals surface area contributed by atoms with Crippen molar-refractivity contribution in [3.05, 3.63) is 23.8 Å². The molecule has 1 fully saturated rings. The number of aliphatic hydroxyl groups excluding tert-OH is 1. The third-order valence-corrected chi connectivity index (χ3v) is 5.06. The third-order valence-electron chi connectivity index (χ3n) is 5.06. The summed E-state index contributed by atoms with van der Waals surface area (Å²) in [4.78, 5) is 7.13. The van der Waals surface area contributed by atoms with Gasteiger partial charge in [-0.1, -0.05) is 0 Å². The zero-order valence-electron chi connectivity index (χ0n) is 17.7. The lowest BCUT2D eigenvalue weighted by molar-refractivity contribution is 0.0824. The number of hydrogen-bond acceptors (Lipinski definition) is 5. The van der Waals surface area contributed by atoms with Crippen LogP contribution in [0.1, 0.15) is 44.7 Å². The van der Waals surface area contributed by atoms with E-state index in [2.05, 4.69) is 29.4 Å². The number of hydrogen-bond donors (Lipinski definition) is 3. The fourth-order valence-electron chi connectivity index (χ4n) is 3.41. The minimum atomic E-state index is -0.117. The molecule has 1 unspecified atom stereocenters. The van der Waals surface area contributed by atoms with E-state index in [1.54, 1.807) is 14.2 Å². The maximum atomic E-state index is 9.60. The van der Waals surface area contributed by atoms with Gasteiger partial charge in [-0.05, 0) is 57.9 Å². The molecule has 1 aromatic carbocycles. The summed E-state index contributed by atoms with van der Waals surface area (Å²) >= 11 is 0. The first kappa shape index (κ1) is 22.3. The topological polar surface area (TPSA) is 78.4 Å². The van der Waals surface area contributed by atoms with Crippen molar-refractivity contribution in [3.8, 4) is 11.5 Å². The number of aliphatic imine (C=N–C) groups is 1. The molecule has 3 N–H and O–H groups in total. The second kappa shape index (κ2) is 11.8. The number of piperidine rings is 1. The molecule has 0 saturated carbocycles. The number of ether oxygens (including phenoxy) is 2. The van der Waals surface area contributed by atoms with Crippen LogP contribution in [0.5, 0.6) is 11.5 Å². The zero-order chi connectivity index (χ0) is 20.4. The monoisotopic (exact) mass is 392 g/mol. The lowest BCUT2D eigenvalue weighted by atomic mass is 10.1. The second-order valence-corrected chi connectivity index (χ2v) is 7.16. The molecule has 28 heavy (non-hydrogen) atoms. The van der Waals surface area contributed by atoms with Crippen LogP contribution in [0.25, 0.3) is 0 Å². The summed E-state index contributed by atoms with van der Waals surface area (Å²) in [7, 11) is 3.34. The summed E-state index contributed by atoms with van der Waals surface area (Å²) < 4.78 is 10.9. The van der Waals surface area contributed by atoms with E-state index in [1.807, 2.05) is 18.2 Å². The van der Waals surface area contributed by atoms with Crippen molar-refractivity contribution in [2.24, 2.45) is 4.99 Å². The molecule has 7 heteroatoms. The predicted octanol–water partition coefficient (Wildman–Crippen LogP) is 2.17. The molecule has 0 bridgehead atoms. The van der Waals surface area contributed by atoms with Crippen molar-refractivity contribution in [3.63, 3.8) is 0 Å². The Bertz CT molecular complexity index is 616. The first-order valence-electron chi connectivity index (χ1n) is 10.2. The van der Waals surface area contributed by atoms with Crippen LogP contribution in [0, 0.1) is 0 Å². The van der Waals surface area contributed by atoms with Gasteiger partial charge in [-0.25, -0.2) is 0 Å². The second-order valence-electron chi connectivity index (χ2n) is 7.16. The van der Waals surface area contributed by atoms with Crippen LogP contribution in [0.15, 0.2) is 23.2 Å². The van der Waals surface area contributed by atoms with E-state index in [1.165, 1.54) is 0 Å². The van der Waals surface area contributed by atoms with Crippen molar-refractivity contribution in [1.29, 1.82) is 0 Å². The van der Waals surface area contributed by atoms with Gasteiger partial charge >= 0.3 is 0 Å². The molecule has 1 aliphatic heterocycles. The molecule has 0 aliphatic carbocycles. The van der Waals surface area contributed by atoms with Gasteiger partial charge in [-0.15, -0.1) is 0 Å². The van der Waals surface area contributed by atoms with Crippen molar-refractivity contribution < 1.29 is 14.6 Å². The number of nitrogens with zero attached hydrogens (tertiary/aromatic N) is 2. The molecule has 0 radical (unpaired) electrons. The van der Waals surface area contributed by atoms with Crippen LogP contribution >= 0.6 is 0 Å². The number of nitrogens with one attached hydrogen (secondary N) is 2. The molecule has 1 aliphatic rings. The highest BCUT2D eigenvalue weighted by Gasteiger charge is 2.16. The summed E-state index contributed by atoms with van der Waals surface area (Å²) in [6.07, 6.45) is 2.65. The molecule has 158 valence electrons. The van der Waals surface area contributed by atoms with Gasteiger partial charge in [0.2, 0.25) is 0 Å². The van der Waals surface area contributed by atoms with Gasteiger partial charge in [0.05, 0.1) is 26.4 Å². The largest absolute Gasteiger partial charge is 0.497 e. The molecular weight excluding hydrogens is 356 g/mol. The fraction of sp³-hybridized carbons (Fsp3) is 0.667. The molecule has 0 aromatic heterocycles. The average Bonchev–Trinajstić information content (AvgIpc) is 2.72. The lowest BCUT2D eigenvalue weighted by Gasteiger charge is -2.29. The van der Waals surface area contributed by atoms with E-state index in [0.29, 0.717) is 0 Å². The van der Waals surface area contributed by atoms with Crippen molar-refractivity contribution >= 4 is 5.96 Å². The highest BCUT2D eigenvalue weighted by molar-refractivity contribution is 5.80. The fourth-order valence-corrected chi connectivity index (χ4v) is 3.41. The van der Waals surface area contributed by atoms with Crippen molar-refractivity contribution in [2.45, 2.75) is 45.3 Å². The van der Waals surface area contributed by atoms with Gasteiger partial charge in [-0.2, -0.15) is 0 Å². The molecular formula is C21H36N4O3. The normalized spacial score (nSPS) is 17.2. The van der Waals surface area contributed by atoms with Crippen molar-refractivity contribution in [1.82, 2.24) is 15.5 Å². The molecule has 2 rings (SSSR count). The van der Waals surface area contributed by atoms with Crippen molar-refractivity contribution in [2.75, 3.05) is 46.9 Å². The van der Waals surface area contributed by atoms with Crippen LogP contribution in [0.2, 0.25) is 0 Å². The smallest absolute Gasteiger partial charge is 0.191 e. The first-order chi connectivity index (χ1) is 13.6. The first-order valence-corrected chi connectivity index (χ1v) is 10.2. The average molecular weight is 393 g/mol. The SMILES string of the molecule is CCNC(=NCCCN1CCC(O)CC1)NC(C)c1cc(OC)ccc1OC. The van der Waals surface area contributed by atoms with Crippen LogP contribution in [-0.4, -0.2) is 69.0 Å². The van der Waals surface area contributed by atoms with E-state index in [9.17, 15) is 5.11 Å². The molecule has 1 aromatic rings. The predicted molar refractivity (Wildman–Crippen MR) is 113 cm³/mol. The molecule has 0 spiro atoms. The number of rotatable bonds is 9. The maximum absolute atomic E-state index is 9.60. The summed E-state index contributed by atoms with van der Waals surface area (Å²) in [6, 6.07) is 5.83. The number of methoxy groups -OCH3 is 2. The third kappa shape index (κ3) is 6.87. The van der Waals surface area contributed by atoms with Crippen LogP contribution in [0.4, 0.5) is 0 Å². The van der Waals surface area contributed by atoms with Gasteiger partial charge in [0.15, 0.2) is 5.96 Å². The highest BCUT2D eigenvalue weighted by Crippen LogP contribution is 2.29. The van der Waals surface area contributed by atoms with E-state index in [4.69, 9.17) is 14.5 Å². The minimum Gasteiger partial charge on any atom is -0.497 e. The quantitative estimate of drug-likeness (QED) is 0.340. The maximum Gasteiger partial charge on any atom is 0.191 e. The van der Waals surface area contributed by atoms with E-state index in [-0.39, 0.29) is 12.1 Å². The number of guanidine groups is 1. The zero-order valence-corrected chi connectivity index (χ0v) is 17.7. The Balaban J connectivity index is 1.91.